The van der Waals surface area contributed by atoms with Crippen molar-refractivity contribution in [2.24, 2.45) is 0 Å². The van der Waals surface area contributed by atoms with Gasteiger partial charge in [-0.1, -0.05) is 23.7 Å². The van der Waals surface area contributed by atoms with Gasteiger partial charge in [-0.2, -0.15) is 0 Å². The van der Waals surface area contributed by atoms with E-state index in [2.05, 4.69) is 10.2 Å². The molecule has 2 rings (SSSR count). The van der Waals surface area contributed by atoms with Gasteiger partial charge in [-0.25, -0.2) is 0 Å². The molecule has 5 nitrogen and oxygen atoms in total. The zero-order valence-electron chi connectivity index (χ0n) is 12.1. The summed E-state index contributed by atoms with van der Waals surface area (Å²) in [5.74, 6) is -0.260. The third-order valence-corrected chi connectivity index (χ3v) is 4.01. The van der Waals surface area contributed by atoms with Gasteiger partial charge in [0, 0.05) is 26.2 Å². The molecule has 1 aliphatic rings. The topological polar surface area (TPSA) is 61.8 Å². The van der Waals surface area contributed by atoms with Crippen LogP contribution in [0.3, 0.4) is 0 Å². The van der Waals surface area contributed by atoms with E-state index in [1.807, 2.05) is 13.0 Å². The molecular formula is C15H21ClN2O3. The van der Waals surface area contributed by atoms with Crippen molar-refractivity contribution in [1.82, 2.24) is 10.2 Å². The fourth-order valence-corrected chi connectivity index (χ4v) is 2.49. The highest BCUT2D eigenvalue weighted by molar-refractivity contribution is 6.34. The van der Waals surface area contributed by atoms with E-state index in [4.69, 9.17) is 16.3 Å². The molecule has 1 aromatic rings. The summed E-state index contributed by atoms with van der Waals surface area (Å²) in [6, 6.07) is 5.33. The number of β-amino-alcohol motifs (C(OH)–C–C–N with tert-alkyl or cyclic N) is 1. The molecule has 6 heteroatoms. The lowest BCUT2D eigenvalue weighted by molar-refractivity contribution is 0.0149. The molecular weight excluding hydrogens is 292 g/mol. The third-order valence-electron chi connectivity index (χ3n) is 3.51. The molecule has 1 aromatic carbocycles. The van der Waals surface area contributed by atoms with Crippen LogP contribution in [0.1, 0.15) is 15.9 Å². The molecule has 0 radical (unpaired) electrons. The van der Waals surface area contributed by atoms with Crippen LogP contribution in [0.25, 0.3) is 0 Å². The number of ether oxygens (including phenoxy) is 1. The lowest BCUT2D eigenvalue weighted by Gasteiger charge is -2.28. The molecule has 116 valence electrons. The fourth-order valence-electron chi connectivity index (χ4n) is 2.27. The Morgan fingerprint density at radius 1 is 1.48 bits per heavy atom. The molecule has 1 atom stereocenters. The smallest absolute Gasteiger partial charge is 0.252 e. The van der Waals surface area contributed by atoms with Crippen LogP contribution in [-0.2, 0) is 4.74 Å². The maximum atomic E-state index is 12.1. The van der Waals surface area contributed by atoms with Gasteiger partial charge in [0.15, 0.2) is 0 Å². The van der Waals surface area contributed by atoms with E-state index < -0.39 is 6.10 Å². The highest BCUT2D eigenvalue weighted by atomic mass is 35.5. The summed E-state index contributed by atoms with van der Waals surface area (Å²) < 4.78 is 5.25. The summed E-state index contributed by atoms with van der Waals surface area (Å²) in [5.41, 5.74) is 1.30. The van der Waals surface area contributed by atoms with Crippen molar-refractivity contribution in [3.05, 3.63) is 34.3 Å². The molecule has 0 spiro atoms. The maximum Gasteiger partial charge on any atom is 0.252 e. The van der Waals surface area contributed by atoms with Crippen LogP contribution in [0, 0.1) is 6.92 Å². The van der Waals surface area contributed by atoms with Crippen molar-refractivity contribution in [1.29, 1.82) is 0 Å². The minimum Gasteiger partial charge on any atom is -0.390 e. The monoisotopic (exact) mass is 312 g/mol. The maximum absolute atomic E-state index is 12.1. The Morgan fingerprint density at radius 3 is 2.90 bits per heavy atom. The predicted octanol–water partition coefficient (Wildman–Crippen LogP) is 1.07. The molecule has 0 aromatic heterocycles. The Kier molecular flexibility index (Phi) is 5.99. The number of hydrogen-bond donors (Lipinski definition) is 2. The van der Waals surface area contributed by atoms with Crippen LogP contribution in [-0.4, -0.2) is 61.4 Å². The molecule has 0 saturated carbocycles. The van der Waals surface area contributed by atoms with Gasteiger partial charge in [0.2, 0.25) is 0 Å². The summed E-state index contributed by atoms with van der Waals surface area (Å²) in [6.45, 7) is 5.61. The highest BCUT2D eigenvalue weighted by Gasteiger charge is 2.17. The molecule has 2 N–H and O–H groups in total. The molecule has 1 unspecified atom stereocenters. The summed E-state index contributed by atoms with van der Waals surface area (Å²) in [5, 5.41) is 13.2. The molecule has 1 saturated heterocycles. The van der Waals surface area contributed by atoms with Gasteiger partial charge in [0.25, 0.3) is 5.91 Å². The zero-order chi connectivity index (χ0) is 15.2. The molecule has 0 aliphatic carbocycles. The fraction of sp³-hybridized carbons (Fsp3) is 0.533. The van der Waals surface area contributed by atoms with Gasteiger partial charge >= 0.3 is 0 Å². The summed E-state index contributed by atoms with van der Waals surface area (Å²) in [4.78, 5) is 14.2. The van der Waals surface area contributed by atoms with Crippen molar-refractivity contribution in [2.75, 3.05) is 39.4 Å². The van der Waals surface area contributed by atoms with E-state index in [1.54, 1.807) is 12.1 Å². The lowest BCUT2D eigenvalue weighted by atomic mass is 10.1. The summed E-state index contributed by atoms with van der Waals surface area (Å²) in [7, 11) is 0. The molecule has 0 bridgehead atoms. The van der Waals surface area contributed by atoms with Crippen molar-refractivity contribution in [3.63, 3.8) is 0 Å². The van der Waals surface area contributed by atoms with Gasteiger partial charge < -0.3 is 15.2 Å². The van der Waals surface area contributed by atoms with Crippen LogP contribution in [0.15, 0.2) is 18.2 Å². The molecule has 1 aliphatic heterocycles. The Bertz CT molecular complexity index is 490. The van der Waals surface area contributed by atoms with Crippen LogP contribution in [0.2, 0.25) is 5.02 Å². The van der Waals surface area contributed by atoms with Crippen LogP contribution >= 0.6 is 11.6 Å². The molecule has 21 heavy (non-hydrogen) atoms. The number of morpholine rings is 1. The van der Waals surface area contributed by atoms with Crippen molar-refractivity contribution < 1.29 is 14.6 Å². The summed E-state index contributed by atoms with van der Waals surface area (Å²) in [6.07, 6.45) is -0.601. The lowest BCUT2D eigenvalue weighted by Crippen LogP contribution is -2.44. The van der Waals surface area contributed by atoms with E-state index in [9.17, 15) is 9.90 Å². The van der Waals surface area contributed by atoms with E-state index in [0.717, 1.165) is 18.7 Å². The van der Waals surface area contributed by atoms with E-state index in [-0.39, 0.29) is 12.5 Å². The average Bonchev–Trinajstić information content (AvgIpc) is 2.48. The number of benzene rings is 1. The highest BCUT2D eigenvalue weighted by Crippen LogP contribution is 2.19. The third kappa shape index (κ3) is 4.68. The average molecular weight is 313 g/mol. The number of amides is 1. The van der Waals surface area contributed by atoms with Gasteiger partial charge in [-0.3, -0.25) is 9.69 Å². The number of rotatable bonds is 5. The van der Waals surface area contributed by atoms with E-state index in [1.165, 1.54) is 0 Å². The number of aliphatic hydroxyl groups excluding tert-OH is 1. The summed E-state index contributed by atoms with van der Waals surface area (Å²) >= 11 is 6.11. The Balaban J connectivity index is 1.81. The van der Waals surface area contributed by atoms with Crippen molar-refractivity contribution in [2.45, 2.75) is 13.0 Å². The predicted molar refractivity (Wildman–Crippen MR) is 81.8 cm³/mol. The van der Waals surface area contributed by atoms with Gasteiger partial charge in [-0.05, 0) is 18.6 Å². The minimum absolute atomic E-state index is 0.209. The zero-order valence-corrected chi connectivity index (χ0v) is 12.9. The standard InChI is InChI=1S/C15H21ClN2O3/c1-11-3-2-4-13(14(11)16)15(20)17-9-12(19)10-18-5-7-21-8-6-18/h2-4,12,19H,5-10H2,1H3,(H,17,20). The second-order valence-electron chi connectivity index (χ2n) is 5.21. The Hall–Kier alpha value is -1.14. The van der Waals surface area contributed by atoms with Crippen molar-refractivity contribution in [3.8, 4) is 0 Å². The first kappa shape index (κ1) is 16.2. The second-order valence-corrected chi connectivity index (χ2v) is 5.59. The van der Waals surface area contributed by atoms with E-state index in [0.29, 0.717) is 30.3 Å². The first-order chi connectivity index (χ1) is 10.1. The molecule has 1 fully saturated rings. The first-order valence-electron chi connectivity index (χ1n) is 7.09. The Labute approximate surface area is 129 Å². The van der Waals surface area contributed by atoms with Crippen LogP contribution in [0.5, 0.6) is 0 Å². The number of aryl methyl sites for hydroxylation is 1. The number of carbonyl (C=O) groups excluding carboxylic acids is 1. The van der Waals surface area contributed by atoms with Crippen LogP contribution < -0.4 is 5.32 Å². The molecule has 1 amide bonds. The number of nitrogens with zero attached hydrogens (tertiary/aromatic N) is 1. The van der Waals surface area contributed by atoms with Gasteiger partial charge in [0.05, 0.1) is 29.9 Å². The van der Waals surface area contributed by atoms with E-state index >= 15 is 0 Å². The normalized spacial score (nSPS) is 17.5. The first-order valence-corrected chi connectivity index (χ1v) is 7.47. The minimum atomic E-state index is -0.601. The SMILES string of the molecule is Cc1cccc(C(=O)NCC(O)CN2CCOCC2)c1Cl. The quantitative estimate of drug-likeness (QED) is 0.854. The van der Waals surface area contributed by atoms with Crippen molar-refractivity contribution >= 4 is 17.5 Å². The number of carbonyl (C=O) groups is 1. The number of aliphatic hydroxyl groups is 1. The Morgan fingerprint density at radius 2 is 2.19 bits per heavy atom. The second kappa shape index (κ2) is 7.75. The van der Waals surface area contributed by atoms with Gasteiger partial charge in [-0.15, -0.1) is 0 Å². The number of halogens is 1. The molecule has 1 heterocycles. The van der Waals surface area contributed by atoms with Crippen LogP contribution in [0.4, 0.5) is 0 Å². The largest absolute Gasteiger partial charge is 0.390 e. The number of nitrogens with one attached hydrogen (secondary N) is 1. The number of hydrogen-bond acceptors (Lipinski definition) is 4. The van der Waals surface area contributed by atoms with Gasteiger partial charge in [0.1, 0.15) is 0 Å².